The molecule has 0 aliphatic carbocycles. The summed E-state index contributed by atoms with van der Waals surface area (Å²) in [6.45, 7) is 0. The van der Waals surface area contributed by atoms with Gasteiger partial charge in [-0.05, 0) is 17.7 Å². The highest BCUT2D eigenvalue weighted by molar-refractivity contribution is 5.39. The van der Waals surface area contributed by atoms with E-state index in [1.165, 1.54) is 0 Å². The molecular formula is C11H11F6NO2. The van der Waals surface area contributed by atoms with Gasteiger partial charge in [-0.25, -0.2) is 0 Å². The Morgan fingerprint density at radius 3 is 2.10 bits per heavy atom. The van der Waals surface area contributed by atoms with Gasteiger partial charge in [0.25, 0.3) is 0 Å². The lowest BCUT2D eigenvalue weighted by atomic mass is 9.96. The average Bonchev–Trinajstić information content (AvgIpc) is 2.34. The SMILES string of the molecule is COc1ccc([C@H](N)[C@H](O)C(F)(F)F)c(C(F)(F)F)c1. The van der Waals surface area contributed by atoms with Crippen molar-refractivity contribution in [2.45, 2.75) is 24.5 Å². The maximum Gasteiger partial charge on any atom is 0.416 e. The normalized spacial score (nSPS) is 15.8. The summed E-state index contributed by atoms with van der Waals surface area (Å²) in [5.41, 5.74) is 2.86. The number of aliphatic hydroxyl groups is 1. The van der Waals surface area contributed by atoms with E-state index in [4.69, 9.17) is 10.8 Å². The molecule has 0 heterocycles. The van der Waals surface area contributed by atoms with Crippen LogP contribution >= 0.6 is 0 Å². The van der Waals surface area contributed by atoms with E-state index in [1.54, 1.807) is 0 Å². The first-order valence-corrected chi connectivity index (χ1v) is 5.24. The standard InChI is InChI=1S/C11H11F6NO2/c1-20-5-2-3-6(7(4-5)10(12,13)14)8(18)9(19)11(15,16)17/h2-4,8-9,19H,18H2,1H3/t8-,9-/m0/s1. The quantitative estimate of drug-likeness (QED) is 0.844. The summed E-state index contributed by atoms with van der Waals surface area (Å²) in [5, 5.41) is 8.98. The van der Waals surface area contributed by atoms with Crippen LogP contribution in [0.25, 0.3) is 0 Å². The van der Waals surface area contributed by atoms with Gasteiger partial charge in [0, 0.05) is 0 Å². The van der Waals surface area contributed by atoms with Crippen molar-refractivity contribution in [3.63, 3.8) is 0 Å². The first kappa shape index (κ1) is 16.6. The smallest absolute Gasteiger partial charge is 0.416 e. The molecule has 0 unspecified atom stereocenters. The number of alkyl halides is 6. The molecule has 3 N–H and O–H groups in total. The molecular weight excluding hydrogens is 292 g/mol. The lowest BCUT2D eigenvalue weighted by Crippen LogP contribution is -2.39. The topological polar surface area (TPSA) is 55.5 Å². The molecule has 2 atom stereocenters. The fourth-order valence-electron chi connectivity index (χ4n) is 1.57. The molecule has 0 amide bonds. The highest BCUT2D eigenvalue weighted by Gasteiger charge is 2.45. The molecule has 0 aromatic heterocycles. The molecule has 1 rings (SSSR count). The van der Waals surface area contributed by atoms with Crippen molar-refractivity contribution in [2.75, 3.05) is 7.11 Å². The van der Waals surface area contributed by atoms with Crippen LogP contribution < -0.4 is 10.5 Å². The summed E-state index contributed by atoms with van der Waals surface area (Å²) in [4.78, 5) is 0. The summed E-state index contributed by atoms with van der Waals surface area (Å²) in [5.74, 6) is -0.185. The maximum absolute atomic E-state index is 12.8. The van der Waals surface area contributed by atoms with Crippen LogP contribution in [0.1, 0.15) is 17.2 Å². The first-order valence-electron chi connectivity index (χ1n) is 5.24. The zero-order valence-electron chi connectivity index (χ0n) is 10.1. The van der Waals surface area contributed by atoms with Gasteiger partial charge in [-0.15, -0.1) is 0 Å². The highest BCUT2D eigenvalue weighted by atomic mass is 19.4. The van der Waals surface area contributed by atoms with Gasteiger partial charge in [0.1, 0.15) is 5.75 Å². The largest absolute Gasteiger partial charge is 0.497 e. The summed E-state index contributed by atoms with van der Waals surface area (Å²) in [6.07, 6.45) is -13.1. The van der Waals surface area contributed by atoms with Crippen LogP contribution in [0.2, 0.25) is 0 Å². The van der Waals surface area contributed by atoms with E-state index in [2.05, 4.69) is 4.74 Å². The lowest BCUT2D eigenvalue weighted by molar-refractivity contribution is -0.211. The average molecular weight is 303 g/mol. The lowest BCUT2D eigenvalue weighted by Gasteiger charge is -2.24. The third-order valence-corrected chi connectivity index (χ3v) is 2.60. The molecule has 1 aromatic rings. The fourth-order valence-corrected chi connectivity index (χ4v) is 1.57. The van der Waals surface area contributed by atoms with Crippen LogP contribution in [-0.2, 0) is 6.18 Å². The number of halogens is 6. The third-order valence-electron chi connectivity index (χ3n) is 2.60. The summed E-state index contributed by atoms with van der Waals surface area (Å²) in [6, 6.07) is 0.0603. The summed E-state index contributed by atoms with van der Waals surface area (Å²) < 4.78 is 80.0. The minimum Gasteiger partial charge on any atom is -0.497 e. The Balaban J connectivity index is 3.31. The van der Waals surface area contributed by atoms with Gasteiger partial charge >= 0.3 is 12.4 Å². The summed E-state index contributed by atoms with van der Waals surface area (Å²) >= 11 is 0. The van der Waals surface area contributed by atoms with Crippen molar-refractivity contribution in [3.05, 3.63) is 29.3 Å². The van der Waals surface area contributed by atoms with Crippen molar-refractivity contribution in [3.8, 4) is 5.75 Å². The van der Waals surface area contributed by atoms with Crippen molar-refractivity contribution >= 4 is 0 Å². The van der Waals surface area contributed by atoms with E-state index >= 15 is 0 Å². The molecule has 3 nitrogen and oxygen atoms in total. The molecule has 0 aliphatic rings. The Hall–Kier alpha value is -1.48. The van der Waals surface area contributed by atoms with Gasteiger partial charge < -0.3 is 15.6 Å². The number of ether oxygens (including phenoxy) is 1. The molecule has 114 valence electrons. The minimum absolute atomic E-state index is 0.185. The molecule has 0 spiro atoms. The van der Waals surface area contributed by atoms with Crippen molar-refractivity contribution in [1.29, 1.82) is 0 Å². The van der Waals surface area contributed by atoms with Crippen LogP contribution in [0.15, 0.2) is 18.2 Å². The fraction of sp³-hybridized carbons (Fsp3) is 0.455. The van der Waals surface area contributed by atoms with Crippen LogP contribution in [0.3, 0.4) is 0 Å². The van der Waals surface area contributed by atoms with Crippen LogP contribution in [0.5, 0.6) is 5.75 Å². The summed E-state index contributed by atoms with van der Waals surface area (Å²) in [7, 11) is 1.11. The molecule has 1 aromatic carbocycles. The Labute approximate surface area is 109 Å². The van der Waals surface area contributed by atoms with Gasteiger partial charge in [0.2, 0.25) is 0 Å². The molecule has 0 saturated carbocycles. The molecule has 0 saturated heterocycles. The molecule has 0 fully saturated rings. The van der Waals surface area contributed by atoms with Crippen LogP contribution in [0, 0.1) is 0 Å². The highest BCUT2D eigenvalue weighted by Crippen LogP contribution is 2.39. The van der Waals surface area contributed by atoms with E-state index in [9.17, 15) is 26.3 Å². The molecule has 0 bridgehead atoms. The molecule has 0 aliphatic heterocycles. The molecule has 20 heavy (non-hydrogen) atoms. The number of rotatable bonds is 3. The predicted molar refractivity (Wildman–Crippen MR) is 57.0 cm³/mol. The van der Waals surface area contributed by atoms with Gasteiger partial charge in [-0.2, -0.15) is 26.3 Å². The van der Waals surface area contributed by atoms with Crippen molar-refractivity contribution in [2.24, 2.45) is 5.73 Å². The second kappa shape index (κ2) is 5.49. The second-order valence-electron chi connectivity index (χ2n) is 3.96. The zero-order valence-corrected chi connectivity index (χ0v) is 10.1. The third kappa shape index (κ3) is 3.54. The maximum atomic E-state index is 12.8. The van der Waals surface area contributed by atoms with Gasteiger partial charge in [-0.3, -0.25) is 0 Å². The Bertz CT molecular complexity index is 471. The number of hydrogen-bond donors (Lipinski definition) is 2. The van der Waals surface area contributed by atoms with Crippen molar-refractivity contribution < 1.29 is 36.2 Å². The second-order valence-corrected chi connectivity index (χ2v) is 3.96. The number of hydrogen-bond acceptors (Lipinski definition) is 3. The Morgan fingerprint density at radius 1 is 1.15 bits per heavy atom. The Kier molecular flexibility index (Phi) is 4.55. The van der Waals surface area contributed by atoms with E-state index < -0.39 is 35.6 Å². The number of methoxy groups -OCH3 is 1. The van der Waals surface area contributed by atoms with Gasteiger partial charge in [0.15, 0.2) is 6.10 Å². The van der Waals surface area contributed by atoms with Gasteiger partial charge in [-0.1, -0.05) is 6.07 Å². The van der Waals surface area contributed by atoms with Crippen LogP contribution in [-0.4, -0.2) is 24.5 Å². The Morgan fingerprint density at radius 2 is 1.70 bits per heavy atom. The number of benzene rings is 1. The number of aliphatic hydroxyl groups excluding tert-OH is 1. The monoisotopic (exact) mass is 303 g/mol. The molecule has 9 heteroatoms. The zero-order chi connectivity index (χ0) is 15.7. The number of nitrogens with two attached hydrogens (primary N) is 1. The van der Waals surface area contributed by atoms with E-state index in [0.717, 1.165) is 19.2 Å². The van der Waals surface area contributed by atoms with Crippen LogP contribution in [0.4, 0.5) is 26.3 Å². The first-order chi connectivity index (χ1) is 8.98. The van der Waals surface area contributed by atoms with E-state index in [-0.39, 0.29) is 5.75 Å². The van der Waals surface area contributed by atoms with E-state index in [1.807, 2.05) is 0 Å². The predicted octanol–water partition coefficient (Wildman–Crippen LogP) is 2.64. The van der Waals surface area contributed by atoms with Crippen molar-refractivity contribution in [1.82, 2.24) is 0 Å². The van der Waals surface area contributed by atoms with E-state index in [0.29, 0.717) is 6.07 Å². The minimum atomic E-state index is -5.12. The van der Waals surface area contributed by atoms with Gasteiger partial charge in [0.05, 0.1) is 18.7 Å². The molecule has 0 radical (unpaired) electrons.